The monoisotopic (exact) mass is 1930 g/mol. The maximum Gasteiger partial charge on any atom is 0.0517 e. The maximum atomic E-state index is 2.44. The van der Waals surface area contributed by atoms with Gasteiger partial charge in [0.05, 0.1) is 34.1 Å². The second-order valence-electron chi connectivity index (χ2n) is 40.6. The van der Waals surface area contributed by atoms with E-state index in [-0.39, 0.29) is 0 Å². The lowest BCUT2D eigenvalue weighted by Crippen LogP contribution is -2.17. The normalized spacial score (nSPS) is 11.1. The van der Waals surface area contributed by atoms with Gasteiger partial charge in [0, 0.05) is 102 Å². The largest absolute Gasteiger partial charge is 0.310 e. The van der Waals surface area contributed by atoms with E-state index < -0.39 is 0 Å². The number of benzene rings is 20. The molecule has 0 bridgehead atoms. The number of nitrogens with zero attached hydrogens (tertiary/aromatic N) is 8. The highest BCUT2D eigenvalue weighted by molar-refractivity contribution is 5.99. The van der Waals surface area contributed by atoms with Crippen molar-refractivity contribution < 1.29 is 0 Å². The molecule has 0 saturated heterocycles. The van der Waals surface area contributed by atoms with Crippen molar-refractivity contribution in [2.75, 3.05) is 39.2 Å². The highest BCUT2D eigenvalue weighted by Gasteiger charge is 2.32. The van der Waals surface area contributed by atoms with Crippen LogP contribution in [0.2, 0.25) is 0 Å². The molecular weight excluding hydrogens is 1790 g/mol. The number of hydrogen-bond acceptors (Lipinski definition) is 8. The third-order valence-electron chi connectivity index (χ3n) is 28.7. The lowest BCUT2D eigenvalue weighted by Gasteiger charge is -2.34. The Morgan fingerprint density at radius 2 is 0.196 bits per heavy atom. The standard InChI is InChI=1S/2C70H66N4/c1-47-11-27-59(28-12-47)71(60-29-13-48(2)14-30-60)67-43-57(44-68(55(67)9)72(61-31-15-49(3)16-32-61)62-33-17-50(4)18-34-62)58-45-69(73(63-35-19-51(5)20-36-63)64-37-21-52(6)22-38-64)56(10)70(46-58)74(65-39-23-53(7)24-40-65)66-41-25-54(8)26-42-66;1-47-11-27-57(28-12-47)71(58-29-13-48(2)14-30-58)65-43-67(55(9)69(45-65)73(61-35-19-51(5)20-36-61)62-37-21-52(6)22-38-62)68-44-66(72(59-31-15-49(3)16-32-59)60-33-17-50(4)18-34-60)46-70(56(68)10)74(63-39-23-53(7)24-40-63)64-41-25-54(8)26-42-64/h2*11-46H,1-10H3. The zero-order valence-corrected chi connectivity index (χ0v) is 89.1. The first kappa shape index (κ1) is 99.5. The second-order valence-corrected chi connectivity index (χ2v) is 40.6. The van der Waals surface area contributed by atoms with Crippen LogP contribution in [0.25, 0.3) is 22.3 Å². The average Bonchev–Trinajstić information content (AvgIpc) is 0.740. The van der Waals surface area contributed by atoms with Crippen molar-refractivity contribution in [2.45, 2.75) is 138 Å². The molecule has 0 atom stereocenters. The summed E-state index contributed by atoms with van der Waals surface area (Å²) in [6.45, 7) is 43.7. The fourth-order valence-electron chi connectivity index (χ4n) is 19.8. The molecule has 0 heterocycles. The van der Waals surface area contributed by atoms with Gasteiger partial charge in [0.15, 0.2) is 0 Å². The number of aryl methyl sites for hydroxylation is 16. The molecule has 0 saturated carbocycles. The van der Waals surface area contributed by atoms with E-state index in [0.29, 0.717) is 0 Å². The fraction of sp³-hybridized carbons (Fsp3) is 0.143. The summed E-state index contributed by atoms with van der Waals surface area (Å²) in [6.07, 6.45) is 0. The van der Waals surface area contributed by atoms with Crippen LogP contribution >= 0.6 is 0 Å². The Kier molecular flexibility index (Phi) is 29.2. The third kappa shape index (κ3) is 21.8. The van der Waals surface area contributed by atoms with Gasteiger partial charge in [0.2, 0.25) is 0 Å². The molecule has 0 aliphatic rings. The van der Waals surface area contributed by atoms with Crippen LogP contribution in [-0.4, -0.2) is 0 Å². The zero-order chi connectivity index (χ0) is 103. The molecule has 732 valence electrons. The molecule has 0 unspecified atom stereocenters. The SMILES string of the molecule is Cc1ccc(N(c2ccc(C)cc2)c2cc(-c3cc(N(c4ccc(C)cc4)c4ccc(C)cc4)c(C)c(N(c4ccc(C)cc4)c4ccc(C)cc4)c3)cc(N(c3ccc(C)cc3)c3ccc(C)cc3)c2C)cc1.Cc1ccc(N(c2ccc(C)cc2)c2cc(-c3cc(N(c4ccc(C)cc4)c4ccc(C)cc4)cc(N(c4ccc(C)cc4)c4ccc(C)cc4)c3C)c(C)c(N(c3ccc(C)cc3)c3ccc(C)cc3)c2)cc1. The topological polar surface area (TPSA) is 25.9 Å². The van der Waals surface area contributed by atoms with Crippen molar-refractivity contribution in [3.8, 4) is 22.3 Å². The smallest absolute Gasteiger partial charge is 0.0517 e. The molecule has 0 N–H and O–H groups in total. The van der Waals surface area contributed by atoms with E-state index in [4.69, 9.17) is 0 Å². The van der Waals surface area contributed by atoms with Gasteiger partial charge in [-0.25, -0.2) is 0 Å². The molecule has 0 radical (unpaired) electrons. The fourth-order valence-corrected chi connectivity index (χ4v) is 19.8. The van der Waals surface area contributed by atoms with Gasteiger partial charge in [-0.05, 0) is 426 Å². The van der Waals surface area contributed by atoms with E-state index in [2.05, 4.69) is 614 Å². The van der Waals surface area contributed by atoms with Gasteiger partial charge in [0.1, 0.15) is 0 Å². The molecular formula is C140H132N8. The van der Waals surface area contributed by atoms with Crippen molar-refractivity contribution in [1.29, 1.82) is 0 Å². The Hall–Kier alpha value is -17.2. The lowest BCUT2D eigenvalue weighted by molar-refractivity contribution is 1.19. The second kappa shape index (κ2) is 43.4. The van der Waals surface area contributed by atoms with E-state index >= 15 is 0 Å². The minimum absolute atomic E-state index is 1.05. The average molecular weight is 1930 g/mol. The first-order chi connectivity index (χ1) is 71.5. The van der Waals surface area contributed by atoms with Gasteiger partial charge < -0.3 is 39.2 Å². The molecule has 0 aliphatic heterocycles. The van der Waals surface area contributed by atoms with Crippen LogP contribution in [0.1, 0.15) is 111 Å². The zero-order valence-electron chi connectivity index (χ0n) is 89.1. The van der Waals surface area contributed by atoms with Crippen LogP contribution in [0, 0.1) is 138 Å². The molecule has 8 heteroatoms. The van der Waals surface area contributed by atoms with Gasteiger partial charge in [0.25, 0.3) is 0 Å². The summed E-state index contributed by atoms with van der Waals surface area (Å²) >= 11 is 0. The minimum Gasteiger partial charge on any atom is -0.310 e. The Morgan fingerprint density at radius 1 is 0.0946 bits per heavy atom. The summed E-state index contributed by atoms with van der Waals surface area (Å²) in [5.41, 5.74) is 54.4. The molecule has 20 aromatic rings. The minimum atomic E-state index is 1.05. The maximum absolute atomic E-state index is 2.44. The van der Waals surface area contributed by atoms with Crippen LogP contribution in [0.4, 0.5) is 136 Å². The lowest BCUT2D eigenvalue weighted by atomic mass is 9.91. The van der Waals surface area contributed by atoms with Crippen LogP contribution < -0.4 is 39.2 Å². The summed E-state index contributed by atoms with van der Waals surface area (Å²) < 4.78 is 0. The quantitative estimate of drug-likeness (QED) is 0.0529. The highest BCUT2D eigenvalue weighted by atomic mass is 15.2. The Morgan fingerprint density at radius 3 is 0.311 bits per heavy atom. The van der Waals surface area contributed by atoms with Crippen molar-refractivity contribution in [2.24, 2.45) is 0 Å². The van der Waals surface area contributed by atoms with Crippen molar-refractivity contribution in [3.63, 3.8) is 0 Å². The predicted octanol–water partition coefficient (Wildman–Crippen LogP) is 40.6. The van der Waals surface area contributed by atoms with Crippen LogP contribution in [-0.2, 0) is 0 Å². The van der Waals surface area contributed by atoms with E-state index in [1.54, 1.807) is 0 Å². The van der Waals surface area contributed by atoms with E-state index in [1.165, 1.54) is 89.0 Å². The number of anilines is 24. The van der Waals surface area contributed by atoms with Gasteiger partial charge in [-0.3, -0.25) is 0 Å². The van der Waals surface area contributed by atoms with Gasteiger partial charge in [-0.2, -0.15) is 0 Å². The van der Waals surface area contributed by atoms with Gasteiger partial charge >= 0.3 is 0 Å². The van der Waals surface area contributed by atoms with Crippen molar-refractivity contribution >= 4 is 136 Å². The van der Waals surface area contributed by atoms with Crippen LogP contribution in [0.5, 0.6) is 0 Å². The van der Waals surface area contributed by atoms with Crippen molar-refractivity contribution in [1.82, 2.24) is 0 Å². The van der Waals surface area contributed by atoms with E-state index in [0.717, 1.165) is 181 Å². The number of rotatable bonds is 26. The molecule has 148 heavy (non-hydrogen) atoms. The Bertz CT molecular complexity index is 6970. The summed E-state index contributed by atoms with van der Waals surface area (Å²) in [5, 5.41) is 0. The van der Waals surface area contributed by atoms with E-state index in [9.17, 15) is 0 Å². The molecule has 20 aromatic carbocycles. The molecule has 20 rings (SSSR count). The first-order valence-electron chi connectivity index (χ1n) is 51.6. The summed E-state index contributed by atoms with van der Waals surface area (Å²) in [6, 6.07) is 162. The predicted molar refractivity (Wildman–Crippen MR) is 636 cm³/mol. The molecule has 0 spiro atoms. The van der Waals surface area contributed by atoms with Crippen molar-refractivity contribution in [3.05, 3.63) is 548 Å². The Balaban J connectivity index is 0.000000186. The summed E-state index contributed by atoms with van der Waals surface area (Å²) in [5.74, 6) is 0. The van der Waals surface area contributed by atoms with Crippen LogP contribution in [0.15, 0.2) is 437 Å². The summed E-state index contributed by atoms with van der Waals surface area (Å²) in [4.78, 5) is 19.5. The van der Waals surface area contributed by atoms with Crippen LogP contribution in [0.3, 0.4) is 0 Å². The third-order valence-corrected chi connectivity index (χ3v) is 28.7. The van der Waals surface area contributed by atoms with Gasteiger partial charge in [-0.1, -0.05) is 283 Å². The molecule has 0 amide bonds. The number of hydrogen-bond donors (Lipinski definition) is 0. The Labute approximate surface area is 878 Å². The molecule has 0 aliphatic carbocycles. The van der Waals surface area contributed by atoms with E-state index in [1.807, 2.05) is 0 Å². The highest BCUT2D eigenvalue weighted by Crippen LogP contribution is 2.55. The summed E-state index contributed by atoms with van der Waals surface area (Å²) in [7, 11) is 0. The first-order valence-corrected chi connectivity index (χ1v) is 51.6. The molecule has 0 aromatic heterocycles. The van der Waals surface area contributed by atoms with Gasteiger partial charge in [-0.15, -0.1) is 0 Å². The molecule has 8 nitrogen and oxygen atoms in total. The molecule has 0 fully saturated rings.